The summed E-state index contributed by atoms with van der Waals surface area (Å²) < 4.78 is 10.4. The van der Waals surface area contributed by atoms with E-state index in [0.717, 1.165) is 19.6 Å². The van der Waals surface area contributed by atoms with Gasteiger partial charge in [0, 0.05) is 11.2 Å². The molecule has 1 saturated heterocycles. The average Bonchev–Trinajstić information content (AvgIpc) is 2.15. The summed E-state index contributed by atoms with van der Waals surface area (Å²) in [6, 6.07) is 0. The number of alkyl halides is 1. The zero-order valence-electron chi connectivity index (χ0n) is 5.47. The van der Waals surface area contributed by atoms with Crippen molar-refractivity contribution in [2.75, 3.05) is 13.2 Å². The fraction of sp³-hybridized carbons (Fsp3) is 1.00. The Kier molecular flexibility index (Phi) is 2.95. The largest absolute Gasteiger partial charge is 0.350 e. The summed E-state index contributed by atoms with van der Waals surface area (Å²) in [5.41, 5.74) is 0. The molecule has 54 valence electrons. The molecule has 0 unspecified atom stereocenters. The molecule has 0 aromatic rings. The van der Waals surface area contributed by atoms with Gasteiger partial charge in [0.2, 0.25) is 0 Å². The lowest BCUT2D eigenvalue weighted by Crippen LogP contribution is -2.11. The van der Waals surface area contributed by atoms with Gasteiger partial charge in [-0.15, -0.1) is 0 Å². The summed E-state index contributed by atoms with van der Waals surface area (Å²) in [7, 11) is 0. The molecule has 1 rings (SSSR count). The first kappa shape index (κ1) is 7.51. The van der Waals surface area contributed by atoms with E-state index < -0.39 is 0 Å². The lowest BCUT2D eigenvalue weighted by atomic mass is 10.3. The van der Waals surface area contributed by atoms with Crippen LogP contribution in [0.25, 0.3) is 0 Å². The highest BCUT2D eigenvalue weighted by molar-refractivity contribution is 9.09. The molecule has 0 aromatic carbocycles. The first-order valence-electron chi connectivity index (χ1n) is 3.16. The van der Waals surface area contributed by atoms with Crippen molar-refractivity contribution < 1.29 is 9.47 Å². The van der Waals surface area contributed by atoms with Crippen LogP contribution >= 0.6 is 15.9 Å². The molecule has 9 heavy (non-hydrogen) atoms. The zero-order chi connectivity index (χ0) is 6.69. The lowest BCUT2D eigenvalue weighted by molar-refractivity contribution is -0.0455. The van der Waals surface area contributed by atoms with E-state index in [4.69, 9.17) is 9.47 Å². The van der Waals surface area contributed by atoms with Crippen LogP contribution in [0.5, 0.6) is 0 Å². The van der Waals surface area contributed by atoms with Crippen LogP contribution in [-0.4, -0.2) is 24.3 Å². The van der Waals surface area contributed by atoms with Crippen LogP contribution < -0.4 is 0 Å². The minimum absolute atomic E-state index is 0.0411. The molecule has 0 radical (unpaired) electrons. The van der Waals surface area contributed by atoms with Gasteiger partial charge in [0.1, 0.15) is 0 Å². The van der Waals surface area contributed by atoms with Crippen molar-refractivity contribution in [2.24, 2.45) is 0 Å². The molecule has 1 aliphatic rings. The molecular weight excluding hydrogens is 184 g/mol. The van der Waals surface area contributed by atoms with Crippen molar-refractivity contribution in [3.63, 3.8) is 0 Å². The third kappa shape index (κ3) is 2.65. The standard InChI is InChI=1S/C6H11BrO2/c1-5(7)4-6-8-2-3-9-6/h5-6H,2-4H2,1H3/t5-/m1/s1. The van der Waals surface area contributed by atoms with Gasteiger partial charge in [-0.3, -0.25) is 0 Å². The SMILES string of the molecule is C[C@@H](Br)CC1OCCO1. The van der Waals surface area contributed by atoms with Crippen molar-refractivity contribution in [1.82, 2.24) is 0 Å². The molecule has 0 N–H and O–H groups in total. The van der Waals surface area contributed by atoms with Crippen LogP contribution in [0.15, 0.2) is 0 Å². The lowest BCUT2D eigenvalue weighted by Gasteiger charge is -2.09. The van der Waals surface area contributed by atoms with Crippen LogP contribution in [-0.2, 0) is 9.47 Å². The summed E-state index contributed by atoms with van der Waals surface area (Å²) in [5, 5.41) is 0. The molecule has 1 aliphatic heterocycles. The highest BCUT2D eigenvalue weighted by Crippen LogP contribution is 2.14. The third-order valence-corrected chi connectivity index (χ3v) is 1.58. The van der Waals surface area contributed by atoms with Crippen LogP contribution in [0, 0.1) is 0 Å². The number of halogens is 1. The second kappa shape index (κ2) is 3.54. The summed E-state index contributed by atoms with van der Waals surface area (Å²) in [4.78, 5) is 0.487. The molecular formula is C6H11BrO2. The monoisotopic (exact) mass is 194 g/mol. The molecule has 0 amide bonds. The van der Waals surface area contributed by atoms with Gasteiger partial charge in [0.15, 0.2) is 6.29 Å². The van der Waals surface area contributed by atoms with Gasteiger partial charge in [-0.05, 0) is 0 Å². The Labute approximate surface area is 63.7 Å². The summed E-state index contributed by atoms with van der Waals surface area (Å²) in [6.07, 6.45) is 0.986. The first-order valence-corrected chi connectivity index (χ1v) is 4.08. The van der Waals surface area contributed by atoms with Crippen molar-refractivity contribution in [3.05, 3.63) is 0 Å². The van der Waals surface area contributed by atoms with E-state index in [-0.39, 0.29) is 6.29 Å². The predicted octanol–water partition coefficient (Wildman–Crippen LogP) is 1.53. The molecule has 1 heterocycles. The average molecular weight is 195 g/mol. The van der Waals surface area contributed by atoms with Gasteiger partial charge < -0.3 is 9.47 Å². The minimum atomic E-state index is 0.0411. The molecule has 1 atom stereocenters. The van der Waals surface area contributed by atoms with Crippen LogP contribution in [0.3, 0.4) is 0 Å². The third-order valence-electron chi connectivity index (χ3n) is 1.21. The molecule has 0 aromatic heterocycles. The first-order chi connectivity index (χ1) is 4.29. The van der Waals surface area contributed by atoms with Gasteiger partial charge in [0.25, 0.3) is 0 Å². The number of hydrogen-bond donors (Lipinski definition) is 0. The van der Waals surface area contributed by atoms with E-state index in [1.54, 1.807) is 0 Å². The molecule has 0 spiro atoms. The fourth-order valence-electron chi connectivity index (χ4n) is 0.809. The van der Waals surface area contributed by atoms with Crippen molar-refractivity contribution in [1.29, 1.82) is 0 Å². The molecule has 0 saturated carbocycles. The van der Waals surface area contributed by atoms with Gasteiger partial charge >= 0.3 is 0 Å². The minimum Gasteiger partial charge on any atom is -0.350 e. The summed E-state index contributed by atoms with van der Waals surface area (Å²) >= 11 is 3.42. The molecule has 3 heteroatoms. The van der Waals surface area contributed by atoms with E-state index >= 15 is 0 Å². The Bertz CT molecular complexity index is 79.1. The summed E-state index contributed by atoms with van der Waals surface area (Å²) in [5.74, 6) is 0. The van der Waals surface area contributed by atoms with Crippen LogP contribution in [0.4, 0.5) is 0 Å². The van der Waals surface area contributed by atoms with Gasteiger partial charge in [0.05, 0.1) is 13.2 Å². The Morgan fingerprint density at radius 2 is 2.11 bits per heavy atom. The normalized spacial score (nSPS) is 24.7. The predicted molar refractivity (Wildman–Crippen MR) is 38.7 cm³/mol. The van der Waals surface area contributed by atoms with Crippen LogP contribution in [0.1, 0.15) is 13.3 Å². The highest BCUT2D eigenvalue weighted by Gasteiger charge is 2.16. The molecule has 0 aliphatic carbocycles. The molecule has 2 nitrogen and oxygen atoms in total. The Morgan fingerprint density at radius 1 is 1.56 bits per heavy atom. The van der Waals surface area contributed by atoms with Crippen molar-refractivity contribution >= 4 is 15.9 Å². The zero-order valence-corrected chi connectivity index (χ0v) is 7.06. The number of rotatable bonds is 2. The van der Waals surface area contributed by atoms with E-state index in [1.165, 1.54) is 0 Å². The maximum absolute atomic E-state index is 5.21. The van der Waals surface area contributed by atoms with Crippen molar-refractivity contribution in [3.8, 4) is 0 Å². The second-order valence-corrected chi connectivity index (χ2v) is 3.75. The van der Waals surface area contributed by atoms with E-state index in [0.29, 0.717) is 4.83 Å². The Hall–Kier alpha value is 0.400. The maximum atomic E-state index is 5.21. The second-order valence-electron chi connectivity index (χ2n) is 2.19. The van der Waals surface area contributed by atoms with Gasteiger partial charge in [-0.1, -0.05) is 22.9 Å². The topological polar surface area (TPSA) is 18.5 Å². The smallest absolute Gasteiger partial charge is 0.158 e. The van der Waals surface area contributed by atoms with E-state index in [1.807, 2.05) is 0 Å². The van der Waals surface area contributed by atoms with Gasteiger partial charge in [-0.25, -0.2) is 0 Å². The highest BCUT2D eigenvalue weighted by atomic mass is 79.9. The summed E-state index contributed by atoms with van der Waals surface area (Å²) in [6.45, 7) is 3.60. The Balaban J connectivity index is 2.11. The van der Waals surface area contributed by atoms with Crippen LogP contribution in [0.2, 0.25) is 0 Å². The molecule has 1 fully saturated rings. The van der Waals surface area contributed by atoms with Gasteiger partial charge in [-0.2, -0.15) is 0 Å². The maximum Gasteiger partial charge on any atom is 0.158 e. The Morgan fingerprint density at radius 3 is 2.56 bits per heavy atom. The molecule has 0 bridgehead atoms. The quantitative estimate of drug-likeness (QED) is 0.622. The van der Waals surface area contributed by atoms with E-state index in [2.05, 4.69) is 22.9 Å². The van der Waals surface area contributed by atoms with E-state index in [9.17, 15) is 0 Å². The van der Waals surface area contributed by atoms with Crippen molar-refractivity contribution in [2.45, 2.75) is 24.5 Å². The number of ether oxygens (including phenoxy) is 2. The number of hydrogen-bond acceptors (Lipinski definition) is 2. The fourth-order valence-corrected chi connectivity index (χ4v) is 1.11.